The van der Waals surface area contributed by atoms with Crippen molar-refractivity contribution >= 4 is 10.9 Å². The van der Waals surface area contributed by atoms with Gasteiger partial charge in [0.15, 0.2) is 0 Å². The molecule has 90 valence electrons. The van der Waals surface area contributed by atoms with Crippen LogP contribution in [-0.4, -0.2) is 16.7 Å². The molecule has 0 bridgehead atoms. The topological polar surface area (TPSA) is 36.0 Å². The first kappa shape index (κ1) is 10.8. The standard InChI is InChI=1S/C15H19NO/c1-10-3-4-13-11(7-10)12-8-15(2,9-17)6-5-14(12)16-13/h3-4,7,16-17H,5-6,8-9H2,1-2H3. The Balaban J connectivity index is 2.17. The van der Waals surface area contributed by atoms with Crippen LogP contribution in [0.5, 0.6) is 0 Å². The predicted octanol–water partition coefficient (Wildman–Crippen LogP) is 2.96. The molecule has 17 heavy (non-hydrogen) atoms. The van der Waals surface area contributed by atoms with E-state index in [0.29, 0.717) is 0 Å². The smallest absolute Gasteiger partial charge is 0.0488 e. The van der Waals surface area contributed by atoms with Gasteiger partial charge in [0.05, 0.1) is 0 Å². The molecule has 1 aliphatic carbocycles. The Hall–Kier alpha value is -1.28. The predicted molar refractivity (Wildman–Crippen MR) is 70.3 cm³/mol. The van der Waals surface area contributed by atoms with E-state index < -0.39 is 0 Å². The fraction of sp³-hybridized carbons (Fsp3) is 0.467. The zero-order valence-electron chi connectivity index (χ0n) is 10.5. The van der Waals surface area contributed by atoms with Gasteiger partial charge in [0, 0.05) is 23.2 Å². The summed E-state index contributed by atoms with van der Waals surface area (Å²) in [5, 5.41) is 10.9. The lowest BCUT2D eigenvalue weighted by Gasteiger charge is -2.31. The highest BCUT2D eigenvalue weighted by atomic mass is 16.3. The summed E-state index contributed by atoms with van der Waals surface area (Å²) in [4.78, 5) is 3.52. The summed E-state index contributed by atoms with van der Waals surface area (Å²) in [6.45, 7) is 4.60. The maximum Gasteiger partial charge on any atom is 0.0488 e. The number of nitrogens with one attached hydrogen (secondary N) is 1. The van der Waals surface area contributed by atoms with Crippen LogP contribution in [0.15, 0.2) is 18.2 Å². The minimum Gasteiger partial charge on any atom is -0.396 e. The Bertz CT molecular complexity index is 570. The second kappa shape index (κ2) is 3.61. The Kier molecular flexibility index (Phi) is 2.30. The second-order valence-electron chi connectivity index (χ2n) is 5.78. The van der Waals surface area contributed by atoms with Gasteiger partial charge in [0.2, 0.25) is 0 Å². The van der Waals surface area contributed by atoms with E-state index in [1.807, 2.05) is 0 Å². The van der Waals surface area contributed by atoms with Gasteiger partial charge in [-0.25, -0.2) is 0 Å². The molecule has 2 nitrogen and oxygen atoms in total. The van der Waals surface area contributed by atoms with E-state index >= 15 is 0 Å². The minimum absolute atomic E-state index is 0.0614. The van der Waals surface area contributed by atoms with Crippen LogP contribution in [0.1, 0.15) is 30.2 Å². The number of fused-ring (bicyclic) bond motifs is 3. The molecule has 2 N–H and O–H groups in total. The highest BCUT2D eigenvalue weighted by Gasteiger charge is 2.31. The molecule has 1 unspecified atom stereocenters. The van der Waals surface area contributed by atoms with E-state index in [9.17, 15) is 5.11 Å². The first-order valence-electron chi connectivity index (χ1n) is 6.32. The van der Waals surface area contributed by atoms with Crippen LogP contribution in [0.3, 0.4) is 0 Å². The fourth-order valence-electron chi connectivity index (χ4n) is 2.91. The van der Waals surface area contributed by atoms with Crippen LogP contribution in [0.4, 0.5) is 0 Å². The molecule has 1 atom stereocenters. The highest BCUT2D eigenvalue weighted by Crippen LogP contribution is 2.38. The van der Waals surface area contributed by atoms with Crippen LogP contribution in [0.25, 0.3) is 10.9 Å². The van der Waals surface area contributed by atoms with Crippen molar-refractivity contribution < 1.29 is 5.11 Å². The Morgan fingerprint density at radius 1 is 1.41 bits per heavy atom. The molecule has 2 aromatic rings. The van der Waals surface area contributed by atoms with Gasteiger partial charge in [-0.1, -0.05) is 18.6 Å². The van der Waals surface area contributed by atoms with E-state index in [4.69, 9.17) is 0 Å². The van der Waals surface area contributed by atoms with Crippen molar-refractivity contribution in [2.45, 2.75) is 33.1 Å². The summed E-state index contributed by atoms with van der Waals surface area (Å²) in [7, 11) is 0. The summed E-state index contributed by atoms with van der Waals surface area (Å²) in [5.74, 6) is 0. The monoisotopic (exact) mass is 229 g/mol. The maximum atomic E-state index is 9.53. The second-order valence-corrected chi connectivity index (χ2v) is 5.78. The molecule has 0 fully saturated rings. The number of hydrogen-bond acceptors (Lipinski definition) is 1. The molecule has 1 aromatic carbocycles. The number of aliphatic hydroxyl groups excluding tert-OH is 1. The van der Waals surface area contributed by atoms with Gasteiger partial charge in [-0.2, -0.15) is 0 Å². The molecular weight excluding hydrogens is 210 g/mol. The number of aromatic amines is 1. The van der Waals surface area contributed by atoms with Crippen LogP contribution >= 0.6 is 0 Å². The first-order valence-corrected chi connectivity index (χ1v) is 6.32. The molecule has 0 saturated carbocycles. The van der Waals surface area contributed by atoms with E-state index in [1.165, 1.54) is 27.7 Å². The lowest BCUT2D eigenvalue weighted by Crippen LogP contribution is -2.29. The quantitative estimate of drug-likeness (QED) is 0.775. The summed E-state index contributed by atoms with van der Waals surface area (Å²) >= 11 is 0. The number of rotatable bonds is 1. The van der Waals surface area contributed by atoms with Crippen LogP contribution in [-0.2, 0) is 12.8 Å². The number of aryl methyl sites for hydroxylation is 2. The maximum absolute atomic E-state index is 9.53. The molecular formula is C15H19NO. The molecule has 1 heterocycles. The third-order valence-electron chi connectivity index (χ3n) is 4.11. The minimum atomic E-state index is 0.0614. The van der Waals surface area contributed by atoms with E-state index in [2.05, 4.69) is 37.0 Å². The van der Waals surface area contributed by atoms with Crippen molar-refractivity contribution in [2.24, 2.45) is 5.41 Å². The molecule has 0 aliphatic heterocycles. The van der Waals surface area contributed by atoms with Gasteiger partial charge in [-0.3, -0.25) is 0 Å². The van der Waals surface area contributed by atoms with E-state index in [-0.39, 0.29) is 12.0 Å². The number of hydrogen-bond donors (Lipinski definition) is 2. The van der Waals surface area contributed by atoms with Crippen molar-refractivity contribution in [3.8, 4) is 0 Å². The summed E-state index contributed by atoms with van der Waals surface area (Å²) in [5.41, 5.74) is 5.40. The third kappa shape index (κ3) is 1.67. The van der Waals surface area contributed by atoms with Gasteiger partial charge in [0.25, 0.3) is 0 Å². The number of benzene rings is 1. The lowest BCUT2D eigenvalue weighted by atomic mass is 9.75. The first-order chi connectivity index (χ1) is 8.11. The lowest BCUT2D eigenvalue weighted by molar-refractivity contribution is 0.127. The number of aromatic nitrogens is 1. The average Bonchev–Trinajstić information content (AvgIpc) is 2.67. The van der Waals surface area contributed by atoms with Gasteiger partial charge in [-0.15, -0.1) is 0 Å². The van der Waals surface area contributed by atoms with Crippen LogP contribution < -0.4 is 0 Å². The summed E-state index contributed by atoms with van der Waals surface area (Å²) in [6.07, 6.45) is 3.12. The van der Waals surface area contributed by atoms with Crippen LogP contribution in [0, 0.1) is 12.3 Å². The number of aliphatic hydroxyl groups is 1. The van der Waals surface area contributed by atoms with Crippen molar-refractivity contribution in [1.29, 1.82) is 0 Å². The Morgan fingerprint density at radius 2 is 2.24 bits per heavy atom. The molecule has 1 aromatic heterocycles. The molecule has 0 amide bonds. The van der Waals surface area contributed by atoms with Crippen molar-refractivity contribution in [1.82, 2.24) is 4.98 Å². The van der Waals surface area contributed by atoms with Gasteiger partial charge in [0.1, 0.15) is 0 Å². The van der Waals surface area contributed by atoms with E-state index in [1.54, 1.807) is 0 Å². The number of H-pyrrole nitrogens is 1. The molecule has 0 spiro atoms. The largest absolute Gasteiger partial charge is 0.396 e. The zero-order chi connectivity index (χ0) is 12.0. The molecule has 2 heteroatoms. The van der Waals surface area contributed by atoms with Gasteiger partial charge < -0.3 is 10.1 Å². The SMILES string of the molecule is Cc1ccc2[nH]c3c(c2c1)CC(C)(CO)CC3. The van der Waals surface area contributed by atoms with Crippen molar-refractivity contribution in [2.75, 3.05) is 6.61 Å². The molecule has 0 radical (unpaired) electrons. The average molecular weight is 229 g/mol. The molecule has 3 rings (SSSR count). The Morgan fingerprint density at radius 3 is 3.00 bits per heavy atom. The summed E-state index contributed by atoms with van der Waals surface area (Å²) < 4.78 is 0. The molecule has 0 saturated heterocycles. The van der Waals surface area contributed by atoms with Gasteiger partial charge >= 0.3 is 0 Å². The summed E-state index contributed by atoms with van der Waals surface area (Å²) in [6, 6.07) is 6.57. The van der Waals surface area contributed by atoms with Gasteiger partial charge in [-0.05, 0) is 49.3 Å². The van der Waals surface area contributed by atoms with Crippen molar-refractivity contribution in [3.63, 3.8) is 0 Å². The third-order valence-corrected chi connectivity index (χ3v) is 4.11. The van der Waals surface area contributed by atoms with Crippen LogP contribution in [0.2, 0.25) is 0 Å². The zero-order valence-corrected chi connectivity index (χ0v) is 10.5. The normalized spacial score (nSPS) is 23.9. The fourth-order valence-corrected chi connectivity index (χ4v) is 2.91. The Labute approximate surface area is 102 Å². The van der Waals surface area contributed by atoms with Crippen molar-refractivity contribution in [3.05, 3.63) is 35.0 Å². The molecule has 1 aliphatic rings. The van der Waals surface area contributed by atoms with E-state index in [0.717, 1.165) is 19.3 Å². The highest BCUT2D eigenvalue weighted by molar-refractivity contribution is 5.85.